The number of nitrogens with zero attached hydrogens (tertiary/aromatic N) is 2. The first-order valence-electron chi connectivity index (χ1n) is 6.30. The second kappa shape index (κ2) is 5.14. The average molecular weight is 256 g/mol. The highest BCUT2D eigenvalue weighted by Gasteiger charge is 2.41. The summed E-state index contributed by atoms with van der Waals surface area (Å²) >= 11 is 0. The molecule has 18 heavy (non-hydrogen) atoms. The van der Waals surface area contributed by atoms with Crippen molar-refractivity contribution >= 4 is 12.0 Å². The predicted octanol–water partition coefficient (Wildman–Crippen LogP) is 0.622. The number of aliphatic carboxylic acids is 1. The van der Waals surface area contributed by atoms with Crippen LogP contribution in [0.2, 0.25) is 0 Å². The highest BCUT2D eigenvalue weighted by Crippen LogP contribution is 2.30. The largest absolute Gasteiger partial charge is 0.480 e. The van der Waals surface area contributed by atoms with Gasteiger partial charge in [0, 0.05) is 33.7 Å². The third-order valence-electron chi connectivity index (χ3n) is 3.68. The zero-order valence-corrected chi connectivity index (χ0v) is 10.8. The molecule has 2 fully saturated rings. The van der Waals surface area contributed by atoms with Crippen LogP contribution in [-0.2, 0) is 9.53 Å². The van der Waals surface area contributed by atoms with Gasteiger partial charge in [0.1, 0.15) is 6.04 Å². The molecular formula is C12H20N2O4. The standard InChI is InChI=1S/C12H20N2O4/c1-13(6-8-3-4-8)12(17)14-7-9(18-2)5-10(14)11(15)16/h8-10H,3-7H2,1-2H3,(H,15,16). The summed E-state index contributed by atoms with van der Waals surface area (Å²) in [5, 5.41) is 9.15. The number of hydrogen-bond donors (Lipinski definition) is 1. The van der Waals surface area contributed by atoms with Crippen molar-refractivity contribution in [3.8, 4) is 0 Å². The number of methoxy groups -OCH3 is 1. The van der Waals surface area contributed by atoms with Gasteiger partial charge in [-0.05, 0) is 18.8 Å². The molecule has 1 aliphatic carbocycles. The first-order valence-corrected chi connectivity index (χ1v) is 6.30. The zero-order valence-electron chi connectivity index (χ0n) is 10.8. The Bertz CT molecular complexity index is 343. The molecule has 6 nitrogen and oxygen atoms in total. The Hall–Kier alpha value is -1.30. The number of rotatable bonds is 4. The normalized spacial score (nSPS) is 27.3. The number of urea groups is 1. The van der Waals surface area contributed by atoms with Gasteiger partial charge in [-0.3, -0.25) is 0 Å². The molecule has 1 aliphatic heterocycles. The third-order valence-corrected chi connectivity index (χ3v) is 3.68. The van der Waals surface area contributed by atoms with Crippen molar-refractivity contribution in [1.82, 2.24) is 9.80 Å². The smallest absolute Gasteiger partial charge is 0.326 e. The molecule has 0 aromatic heterocycles. The van der Waals surface area contributed by atoms with Gasteiger partial charge in [-0.25, -0.2) is 9.59 Å². The summed E-state index contributed by atoms with van der Waals surface area (Å²) in [6.07, 6.45) is 2.53. The van der Waals surface area contributed by atoms with E-state index in [0.717, 1.165) is 6.54 Å². The van der Waals surface area contributed by atoms with Gasteiger partial charge in [0.25, 0.3) is 0 Å². The van der Waals surface area contributed by atoms with Crippen molar-refractivity contribution in [1.29, 1.82) is 0 Å². The van der Waals surface area contributed by atoms with Crippen LogP contribution in [-0.4, -0.2) is 66.3 Å². The summed E-state index contributed by atoms with van der Waals surface area (Å²) in [7, 11) is 3.28. The number of carbonyl (C=O) groups excluding carboxylic acids is 1. The first kappa shape index (κ1) is 13.1. The van der Waals surface area contributed by atoms with Crippen molar-refractivity contribution in [2.24, 2.45) is 5.92 Å². The molecule has 2 rings (SSSR count). The topological polar surface area (TPSA) is 70.1 Å². The van der Waals surface area contributed by atoms with E-state index in [-0.39, 0.29) is 12.1 Å². The van der Waals surface area contributed by atoms with Gasteiger partial charge < -0.3 is 19.6 Å². The van der Waals surface area contributed by atoms with Crippen molar-refractivity contribution in [2.45, 2.75) is 31.4 Å². The Morgan fingerprint density at radius 1 is 1.44 bits per heavy atom. The van der Waals surface area contributed by atoms with Crippen LogP contribution in [0.25, 0.3) is 0 Å². The minimum Gasteiger partial charge on any atom is -0.480 e. The van der Waals surface area contributed by atoms with Crippen molar-refractivity contribution in [3.63, 3.8) is 0 Å². The Balaban J connectivity index is 1.99. The predicted molar refractivity (Wildman–Crippen MR) is 64.3 cm³/mol. The van der Waals surface area contributed by atoms with Crippen molar-refractivity contribution in [3.05, 3.63) is 0 Å². The Morgan fingerprint density at radius 2 is 2.11 bits per heavy atom. The van der Waals surface area contributed by atoms with E-state index in [1.54, 1.807) is 19.1 Å². The van der Waals surface area contributed by atoms with E-state index >= 15 is 0 Å². The number of hydrogen-bond acceptors (Lipinski definition) is 3. The first-order chi connectivity index (χ1) is 8.52. The Kier molecular flexibility index (Phi) is 3.75. The number of carbonyl (C=O) groups is 2. The molecule has 2 atom stereocenters. The summed E-state index contributed by atoms with van der Waals surface area (Å²) in [4.78, 5) is 26.4. The van der Waals surface area contributed by atoms with E-state index in [2.05, 4.69) is 0 Å². The maximum atomic E-state index is 12.2. The summed E-state index contributed by atoms with van der Waals surface area (Å²) in [5.74, 6) is -0.356. The molecule has 0 bridgehead atoms. The SMILES string of the molecule is COC1CC(C(=O)O)N(C(=O)N(C)CC2CC2)C1. The van der Waals surface area contributed by atoms with E-state index in [9.17, 15) is 9.59 Å². The molecule has 6 heteroatoms. The Morgan fingerprint density at radius 3 is 2.61 bits per heavy atom. The second-order valence-corrected chi connectivity index (χ2v) is 5.21. The van der Waals surface area contributed by atoms with Crippen molar-refractivity contribution < 1.29 is 19.4 Å². The molecule has 1 saturated carbocycles. The maximum absolute atomic E-state index is 12.2. The average Bonchev–Trinajstić information content (AvgIpc) is 3.03. The van der Waals surface area contributed by atoms with Crippen LogP contribution in [0.5, 0.6) is 0 Å². The van der Waals surface area contributed by atoms with Gasteiger partial charge in [0.05, 0.1) is 6.10 Å². The monoisotopic (exact) mass is 256 g/mol. The van der Waals surface area contributed by atoms with Crippen LogP contribution in [0, 0.1) is 5.92 Å². The van der Waals surface area contributed by atoms with Crippen LogP contribution in [0.4, 0.5) is 4.79 Å². The third kappa shape index (κ3) is 2.75. The van der Waals surface area contributed by atoms with E-state index in [0.29, 0.717) is 18.9 Å². The van der Waals surface area contributed by atoms with Crippen molar-refractivity contribution in [2.75, 3.05) is 27.2 Å². The van der Waals surface area contributed by atoms with Crippen LogP contribution < -0.4 is 0 Å². The molecular weight excluding hydrogens is 236 g/mol. The minimum atomic E-state index is -0.956. The van der Waals surface area contributed by atoms with Gasteiger partial charge >= 0.3 is 12.0 Å². The molecule has 1 heterocycles. The number of ether oxygens (including phenoxy) is 1. The lowest BCUT2D eigenvalue weighted by molar-refractivity contribution is -0.141. The second-order valence-electron chi connectivity index (χ2n) is 5.21. The highest BCUT2D eigenvalue weighted by molar-refractivity contribution is 5.83. The lowest BCUT2D eigenvalue weighted by atomic mass is 10.2. The molecule has 1 N–H and O–H groups in total. The zero-order chi connectivity index (χ0) is 13.3. The molecule has 0 aromatic rings. The van der Waals surface area contributed by atoms with E-state index in [1.165, 1.54) is 17.7 Å². The molecule has 1 saturated heterocycles. The van der Waals surface area contributed by atoms with Gasteiger partial charge in [0.15, 0.2) is 0 Å². The number of likely N-dealkylation sites (tertiary alicyclic amines) is 1. The summed E-state index contributed by atoms with van der Waals surface area (Å²) in [6.45, 7) is 1.08. The molecule has 0 aromatic carbocycles. The van der Waals surface area contributed by atoms with Crippen LogP contribution in [0.1, 0.15) is 19.3 Å². The number of carboxylic acids is 1. The van der Waals surface area contributed by atoms with Gasteiger partial charge in [0.2, 0.25) is 0 Å². The molecule has 0 radical (unpaired) electrons. The fourth-order valence-corrected chi connectivity index (χ4v) is 2.40. The fourth-order valence-electron chi connectivity index (χ4n) is 2.40. The lowest BCUT2D eigenvalue weighted by Crippen LogP contribution is -2.47. The quantitative estimate of drug-likeness (QED) is 0.800. The summed E-state index contributed by atoms with van der Waals surface area (Å²) in [6, 6.07) is -0.960. The van der Waals surface area contributed by atoms with Crippen LogP contribution in [0.15, 0.2) is 0 Å². The van der Waals surface area contributed by atoms with E-state index < -0.39 is 12.0 Å². The van der Waals surface area contributed by atoms with E-state index in [4.69, 9.17) is 9.84 Å². The molecule has 102 valence electrons. The molecule has 2 amide bonds. The number of amides is 2. The summed E-state index contributed by atoms with van der Waals surface area (Å²) in [5.41, 5.74) is 0. The maximum Gasteiger partial charge on any atom is 0.326 e. The lowest BCUT2D eigenvalue weighted by Gasteiger charge is -2.27. The molecule has 2 aliphatic rings. The molecule has 0 spiro atoms. The Labute approximate surface area is 106 Å². The van der Waals surface area contributed by atoms with Gasteiger partial charge in [-0.2, -0.15) is 0 Å². The van der Waals surface area contributed by atoms with E-state index in [1.807, 2.05) is 0 Å². The van der Waals surface area contributed by atoms with Gasteiger partial charge in [-0.15, -0.1) is 0 Å². The summed E-state index contributed by atoms with van der Waals surface area (Å²) < 4.78 is 5.17. The minimum absolute atomic E-state index is 0.177. The van der Waals surface area contributed by atoms with Gasteiger partial charge in [-0.1, -0.05) is 0 Å². The number of carboxylic acid groups (broad SMARTS) is 1. The fraction of sp³-hybridized carbons (Fsp3) is 0.833. The van der Waals surface area contributed by atoms with Crippen LogP contribution >= 0.6 is 0 Å². The highest BCUT2D eigenvalue weighted by atomic mass is 16.5. The molecule has 2 unspecified atom stereocenters. The van der Waals surface area contributed by atoms with Crippen LogP contribution in [0.3, 0.4) is 0 Å².